The standard InChI is InChI=1S/C17H24N2O2/c1-20-15-10-12-5-9-19-14(13(12)11-16(15)21-2)6-8-18-7-3-4-17(18)19/h10-11,14,17H,3-9H2,1-2H3/t14-,17-/m0/s1. The molecule has 4 rings (SSSR count). The van der Waals surface area contributed by atoms with E-state index in [1.54, 1.807) is 14.2 Å². The van der Waals surface area contributed by atoms with Gasteiger partial charge in [-0.2, -0.15) is 0 Å². The number of rotatable bonds is 2. The van der Waals surface area contributed by atoms with Crippen LogP contribution in [0, 0.1) is 0 Å². The Kier molecular flexibility index (Phi) is 3.31. The lowest BCUT2D eigenvalue weighted by Crippen LogP contribution is -2.53. The smallest absolute Gasteiger partial charge is 0.161 e. The van der Waals surface area contributed by atoms with Gasteiger partial charge in [-0.3, -0.25) is 9.80 Å². The summed E-state index contributed by atoms with van der Waals surface area (Å²) in [4.78, 5) is 5.40. The molecule has 3 aliphatic heterocycles. The lowest BCUT2D eigenvalue weighted by Gasteiger charge is -2.48. The fourth-order valence-corrected chi connectivity index (χ4v) is 4.46. The molecule has 0 radical (unpaired) electrons. The summed E-state index contributed by atoms with van der Waals surface area (Å²) in [5.41, 5.74) is 2.91. The largest absolute Gasteiger partial charge is 0.493 e. The molecule has 0 amide bonds. The molecule has 0 unspecified atom stereocenters. The fraction of sp³-hybridized carbons (Fsp3) is 0.647. The summed E-state index contributed by atoms with van der Waals surface area (Å²) in [6.07, 6.45) is 5.71. The summed E-state index contributed by atoms with van der Waals surface area (Å²) in [5.74, 6) is 1.73. The third-order valence-electron chi connectivity index (χ3n) is 5.45. The van der Waals surface area contributed by atoms with Crippen molar-refractivity contribution < 1.29 is 9.47 Å². The monoisotopic (exact) mass is 288 g/mol. The maximum atomic E-state index is 5.51. The van der Waals surface area contributed by atoms with Gasteiger partial charge in [0.05, 0.1) is 20.4 Å². The minimum absolute atomic E-state index is 0.563. The van der Waals surface area contributed by atoms with Crippen molar-refractivity contribution in [3.63, 3.8) is 0 Å². The molecule has 2 saturated heterocycles. The Morgan fingerprint density at radius 1 is 1.00 bits per heavy atom. The average Bonchev–Trinajstić information content (AvgIpc) is 3.01. The number of hydrogen-bond donors (Lipinski definition) is 0. The van der Waals surface area contributed by atoms with Gasteiger partial charge >= 0.3 is 0 Å². The van der Waals surface area contributed by atoms with E-state index >= 15 is 0 Å². The van der Waals surface area contributed by atoms with Gasteiger partial charge in [0.1, 0.15) is 0 Å². The molecule has 1 aromatic carbocycles. The summed E-state index contributed by atoms with van der Waals surface area (Å²) in [7, 11) is 3.45. The molecular weight excluding hydrogens is 264 g/mol. The van der Waals surface area contributed by atoms with Gasteiger partial charge in [0.25, 0.3) is 0 Å². The van der Waals surface area contributed by atoms with Crippen molar-refractivity contribution in [3.8, 4) is 11.5 Å². The second-order valence-electron chi connectivity index (χ2n) is 6.36. The Morgan fingerprint density at radius 2 is 1.81 bits per heavy atom. The number of nitrogens with zero attached hydrogens (tertiary/aromatic N) is 2. The quantitative estimate of drug-likeness (QED) is 0.834. The molecule has 0 bridgehead atoms. The van der Waals surface area contributed by atoms with Crippen LogP contribution >= 0.6 is 0 Å². The van der Waals surface area contributed by atoms with Crippen molar-refractivity contribution in [1.29, 1.82) is 0 Å². The van der Waals surface area contributed by atoms with E-state index in [0.717, 1.165) is 17.9 Å². The predicted octanol–water partition coefficient (Wildman–Crippen LogP) is 2.43. The van der Waals surface area contributed by atoms with E-state index in [4.69, 9.17) is 9.47 Å². The molecule has 3 aliphatic rings. The van der Waals surface area contributed by atoms with Crippen LogP contribution in [0.2, 0.25) is 0 Å². The molecule has 4 nitrogen and oxygen atoms in total. The van der Waals surface area contributed by atoms with Crippen LogP contribution in [0.1, 0.15) is 36.4 Å². The summed E-state index contributed by atoms with van der Waals surface area (Å²) >= 11 is 0. The van der Waals surface area contributed by atoms with Crippen LogP contribution in [-0.4, -0.2) is 49.8 Å². The minimum Gasteiger partial charge on any atom is -0.493 e. The molecular formula is C17H24N2O2. The van der Waals surface area contributed by atoms with Gasteiger partial charge in [0.15, 0.2) is 11.5 Å². The highest BCUT2D eigenvalue weighted by molar-refractivity contribution is 5.49. The van der Waals surface area contributed by atoms with Gasteiger partial charge in [0.2, 0.25) is 0 Å². The number of ether oxygens (including phenoxy) is 2. The van der Waals surface area contributed by atoms with Crippen LogP contribution in [0.15, 0.2) is 12.1 Å². The van der Waals surface area contributed by atoms with Gasteiger partial charge in [-0.15, -0.1) is 0 Å². The summed E-state index contributed by atoms with van der Waals surface area (Å²) in [5, 5.41) is 0. The van der Waals surface area contributed by atoms with Crippen LogP contribution in [0.25, 0.3) is 0 Å². The molecule has 2 fully saturated rings. The van der Waals surface area contributed by atoms with Crippen molar-refractivity contribution in [3.05, 3.63) is 23.3 Å². The third-order valence-corrected chi connectivity index (χ3v) is 5.45. The number of hydrogen-bond acceptors (Lipinski definition) is 4. The average molecular weight is 288 g/mol. The number of fused-ring (bicyclic) bond motifs is 5. The summed E-state index contributed by atoms with van der Waals surface area (Å²) in [6.45, 7) is 3.70. The minimum atomic E-state index is 0.563. The van der Waals surface area contributed by atoms with E-state index in [9.17, 15) is 0 Å². The van der Waals surface area contributed by atoms with Crippen LogP contribution in [0.4, 0.5) is 0 Å². The summed E-state index contributed by atoms with van der Waals surface area (Å²) in [6, 6.07) is 4.97. The van der Waals surface area contributed by atoms with Gasteiger partial charge < -0.3 is 9.47 Å². The van der Waals surface area contributed by atoms with E-state index < -0.39 is 0 Å². The van der Waals surface area contributed by atoms with Crippen LogP contribution in [0.3, 0.4) is 0 Å². The van der Waals surface area contributed by atoms with Crippen molar-refractivity contribution in [2.24, 2.45) is 0 Å². The van der Waals surface area contributed by atoms with Gasteiger partial charge in [0, 0.05) is 19.1 Å². The van der Waals surface area contributed by atoms with Crippen molar-refractivity contribution in [2.45, 2.75) is 37.9 Å². The van der Waals surface area contributed by atoms with Gasteiger partial charge in [-0.25, -0.2) is 0 Å². The number of methoxy groups -OCH3 is 2. The van der Waals surface area contributed by atoms with E-state index in [0.29, 0.717) is 12.2 Å². The predicted molar refractivity (Wildman–Crippen MR) is 81.9 cm³/mol. The molecule has 114 valence electrons. The third kappa shape index (κ3) is 2.04. The maximum absolute atomic E-state index is 5.51. The zero-order valence-electron chi connectivity index (χ0n) is 13.0. The highest BCUT2D eigenvalue weighted by Gasteiger charge is 2.41. The molecule has 0 saturated carbocycles. The molecule has 2 atom stereocenters. The zero-order chi connectivity index (χ0) is 14.4. The molecule has 1 aromatic rings. The first-order valence-corrected chi connectivity index (χ1v) is 8.06. The van der Waals surface area contributed by atoms with E-state index in [1.807, 2.05) is 0 Å². The lowest BCUT2D eigenvalue weighted by atomic mass is 9.88. The molecule has 0 aliphatic carbocycles. The van der Waals surface area contributed by atoms with Gasteiger partial charge in [-0.1, -0.05) is 0 Å². The molecule has 0 aromatic heterocycles. The first kappa shape index (κ1) is 13.4. The molecule has 0 spiro atoms. The highest BCUT2D eigenvalue weighted by Crippen LogP contribution is 2.43. The van der Waals surface area contributed by atoms with Crippen molar-refractivity contribution in [1.82, 2.24) is 9.80 Å². The second kappa shape index (κ2) is 5.18. The molecule has 4 heteroatoms. The van der Waals surface area contributed by atoms with E-state index in [-0.39, 0.29) is 0 Å². The maximum Gasteiger partial charge on any atom is 0.161 e. The molecule has 21 heavy (non-hydrogen) atoms. The Morgan fingerprint density at radius 3 is 2.62 bits per heavy atom. The van der Waals surface area contributed by atoms with Crippen molar-refractivity contribution in [2.75, 3.05) is 33.9 Å². The SMILES string of the molecule is COc1cc2c(cc1OC)[C@@H]1CCN3CCC[C@@H]3N1CC2. The molecule has 0 N–H and O–H groups in total. The van der Waals surface area contributed by atoms with Crippen LogP contribution in [-0.2, 0) is 6.42 Å². The highest BCUT2D eigenvalue weighted by atomic mass is 16.5. The molecule has 3 heterocycles. The van der Waals surface area contributed by atoms with Crippen LogP contribution < -0.4 is 9.47 Å². The number of benzene rings is 1. The Labute approximate surface area is 126 Å². The first-order chi connectivity index (χ1) is 10.3. The Bertz CT molecular complexity index is 546. The second-order valence-corrected chi connectivity index (χ2v) is 6.36. The fourth-order valence-electron chi connectivity index (χ4n) is 4.46. The normalized spacial score (nSPS) is 28.7. The van der Waals surface area contributed by atoms with Crippen LogP contribution in [0.5, 0.6) is 11.5 Å². The summed E-state index contributed by atoms with van der Waals surface area (Å²) < 4.78 is 11.0. The first-order valence-electron chi connectivity index (χ1n) is 8.06. The Hall–Kier alpha value is -1.26. The van der Waals surface area contributed by atoms with E-state index in [1.165, 1.54) is 50.0 Å². The Balaban J connectivity index is 1.72. The van der Waals surface area contributed by atoms with Crippen molar-refractivity contribution >= 4 is 0 Å². The van der Waals surface area contributed by atoms with E-state index in [2.05, 4.69) is 21.9 Å². The zero-order valence-corrected chi connectivity index (χ0v) is 13.0. The topological polar surface area (TPSA) is 24.9 Å². The lowest BCUT2D eigenvalue weighted by molar-refractivity contribution is -0.0151. The van der Waals surface area contributed by atoms with Gasteiger partial charge in [-0.05, 0) is 55.5 Å².